The number of piperazine rings is 1. The number of alkyl halides is 1. The summed E-state index contributed by atoms with van der Waals surface area (Å²) >= 11 is 1.47. The topological polar surface area (TPSA) is 244 Å². The van der Waals surface area contributed by atoms with Gasteiger partial charge in [0.1, 0.15) is 30.3 Å². The monoisotopic (exact) mass is 1060 g/mol. The molecular weight excluding hydrogens is 1000 g/mol. The number of aryl methyl sites for hydroxylation is 1. The van der Waals surface area contributed by atoms with E-state index in [0.717, 1.165) is 45.9 Å². The predicted molar refractivity (Wildman–Crippen MR) is 278 cm³/mol. The third-order valence-electron chi connectivity index (χ3n) is 14.4. The molecule has 2 aliphatic carbocycles. The summed E-state index contributed by atoms with van der Waals surface area (Å²) in [7, 11) is 0. The highest BCUT2D eigenvalue weighted by Crippen LogP contribution is 2.42. The Morgan fingerprint density at radius 1 is 1.00 bits per heavy atom. The van der Waals surface area contributed by atoms with E-state index in [2.05, 4.69) is 41.4 Å². The van der Waals surface area contributed by atoms with Crippen molar-refractivity contribution in [3.05, 3.63) is 95.0 Å². The van der Waals surface area contributed by atoms with Crippen LogP contribution in [0.25, 0.3) is 27.3 Å². The van der Waals surface area contributed by atoms with Gasteiger partial charge in [-0.25, -0.2) is 23.7 Å². The summed E-state index contributed by atoms with van der Waals surface area (Å²) in [6.45, 7) is 8.88. The van der Waals surface area contributed by atoms with Crippen LogP contribution in [0, 0.1) is 18.2 Å². The molecule has 6 aromatic rings. The predicted octanol–water partition coefficient (Wildman–Crippen LogP) is 4.88. The minimum atomic E-state index is -2.00. The molecule has 4 fully saturated rings. The maximum Gasteiger partial charge on any atom is 0.258 e. The van der Waals surface area contributed by atoms with E-state index in [1.54, 1.807) is 55.8 Å². The van der Waals surface area contributed by atoms with E-state index in [4.69, 9.17) is 9.72 Å². The van der Waals surface area contributed by atoms with Crippen LogP contribution in [-0.4, -0.2) is 155 Å². The van der Waals surface area contributed by atoms with Crippen molar-refractivity contribution >= 4 is 58.0 Å². The molecule has 6 N–H and O–H groups in total. The highest BCUT2D eigenvalue weighted by Gasteiger charge is 2.53. The number of aliphatic hydroxyl groups excluding tert-OH is 1. The molecule has 20 nitrogen and oxygen atoms in total. The summed E-state index contributed by atoms with van der Waals surface area (Å²) in [4.78, 5) is 86.8. The van der Waals surface area contributed by atoms with Crippen molar-refractivity contribution in [1.82, 2.24) is 60.2 Å². The lowest BCUT2D eigenvalue weighted by molar-refractivity contribution is -0.145. The van der Waals surface area contributed by atoms with E-state index in [9.17, 15) is 33.5 Å². The Labute approximate surface area is 441 Å². The van der Waals surface area contributed by atoms with Crippen LogP contribution in [0.15, 0.2) is 66.7 Å². The number of imidazole rings is 1. The number of β-amino-alcohol motifs (C(OH)–C–C–N with tert-alkyl or cyclic N) is 1. The lowest BCUT2D eigenvalue weighted by Crippen LogP contribution is -2.59. The van der Waals surface area contributed by atoms with Gasteiger partial charge < -0.3 is 40.9 Å². The lowest BCUT2D eigenvalue weighted by Gasteiger charge is -2.35. The number of amides is 5. The second-order valence-electron chi connectivity index (χ2n) is 21.1. The fourth-order valence-electron chi connectivity index (χ4n) is 9.62. The fourth-order valence-corrected chi connectivity index (χ4v) is 10.4. The number of hydrogen-bond acceptors (Lipinski definition) is 14. The number of likely N-dealkylation sites (tertiary alicyclic amines) is 1. The molecule has 10 rings (SSSR count). The van der Waals surface area contributed by atoms with Gasteiger partial charge in [0.15, 0.2) is 17.1 Å². The van der Waals surface area contributed by atoms with Crippen molar-refractivity contribution in [3.8, 4) is 27.4 Å². The summed E-state index contributed by atoms with van der Waals surface area (Å²) in [5.74, 6) is -1.94. The largest absolute Gasteiger partial charge is 0.491 e. The molecule has 23 heteroatoms. The third-order valence-corrected chi connectivity index (χ3v) is 15.3. The summed E-state index contributed by atoms with van der Waals surface area (Å²) in [5.41, 5.74) is 4.66. The Balaban J connectivity index is 0.710. The first kappa shape index (κ1) is 52.1. The molecule has 2 aromatic carbocycles. The van der Waals surface area contributed by atoms with Crippen LogP contribution >= 0.6 is 11.3 Å². The number of aromatic amines is 1. The van der Waals surface area contributed by atoms with E-state index in [1.807, 2.05) is 40.6 Å². The molecule has 4 aliphatic rings. The summed E-state index contributed by atoms with van der Waals surface area (Å²) in [5, 5.41) is 29.1. The van der Waals surface area contributed by atoms with E-state index >= 15 is 4.39 Å². The lowest BCUT2D eigenvalue weighted by atomic mass is 9.85. The Kier molecular flexibility index (Phi) is 14.6. The smallest absolute Gasteiger partial charge is 0.258 e. The zero-order valence-electron chi connectivity index (χ0n) is 42.7. The molecule has 5 amide bonds. The molecule has 0 spiro atoms. The number of aliphatic hydroxyl groups is 1. The van der Waals surface area contributed by atoms with Crippen LogP contribution in [0.1, 0.15) is 86.1 Å². The standard InChI is InChI=1S/C53H61F2N13O7S/c1-30-44(76-29-59-30)32-7-8-34(22-58-48(71)40-21-36(69)26-68(40)50(73)45(52(2,3)4)64-51(74)53(55)11-12-53)42(20-32)75-18-13-56-43(70)28-65-14-16-66(17-15-65)49(72)33-9-10-38(37(54)19-33)62-46-47-57-25-41(35-23-60-61-24-35)67(47)27-39(63-46)31-5-6-31/h7-10,19-20,23-25,27,29,31,36,40,45,69H,5-6,11-18,21-22,26,28H2,1-4H3,(H,56,70)(H,58,71)(H,60,61)(H,62,63)(H,64,74)/t36?,40?,45-/m1/s1. The summed E-state index contributed by atoms with van der Waals surface area (Å²) in [6.07, 6.45) is 8.39. The number of benzene rings is 2. The van der Waals surface area contributed by atoms with Gasteiger partial charge >= 0.3 is 0 Å². The number of fused-ring (bicyclic) bond motifs is 1. The minimum absolute atomic E-state index is 0.00453. The molecule has 2 saturated heterocycles. The van der Waals surface area contributed by atoms with Crippen molar-refractivity contribution in [2.45, 2.75) is 96.1 Å². The van der Waals surface area contributed by atoms with Gasteiger partial charge in [0.2, 0.25) is 17.7 Å². The molecule has 400 valence electrons. The molecule has 3 atom stereocenters. The van der Waals surface area contributed by atoms with Crippen LogP contribution in [0.3, 0.4) is 0 Å². The number of anilines is 2. The maximum atomic E-state index is 15.8. The quantitative estimate of drug-likeness (QED) is 0.0630. The Morgan fingerprint density at radius 3 is 2.47 bits per heavy atom. The number of hydrogen-bond donors (Lipinski definition) is 6. The fraction of sp³-hybridized carbons (Fsp3) is 0.453. The molecule has 76 heavy (non-hydrogen) atoms. The molecule has 0 radical (unpaired) electrons. The van der Waals surface area contributed by atoms with Gasteiger partial charge in [0.25, 0.3) is 11.8 Å². The van der Waals surface area contributed by atoms with Crippen LogP contribution in [0.2, 0.25) is 0 Å². The number of halogens is 2. The average Bonchev–Trinajstić information content (AvgIpc) is 4.10. The van der Waals surface area contributed by atoms with E-state index in [-0.39, 0.29) is 75.1 Å². The van der Waals surface area contributed by atoms with Gasteiger partial charge in [-0.3, -0.25) is 38.4 Å². The zero-order chi connectivity index (χ0) is 53.5. The van der Waals surface area contributed by atoms with Gasteiger partial charge in [0, 0.05) is 80.7 Å². The molecule has 6 heterocycles. The highest BCUT2D eigenvalue weighted by molar-refractivity contribution is 7.13. The first-order valence-corrected chi connectivity index (χ1v) is 26.4. The number of thiazole rings is 1. The highest BCUT2D eigenvalue weighted by atomic mass is 32.1. The Bertz CT molecular complexity index is 3160. The van der Waals surface area contributed by atoms with Crippen molar-refractivity contribution in [3.63, 3.8) is 0 Å². The number of nitrogens with one attached hydrogen (secondary N) is 5. The van der Waals surface area contributed by atoms with Gasteiger partial charge in [-0.05, 0) is 67.9 Å². The van der Waals surface area contributed by atoms with E-state index < -0.39 is 52.8 Å². The number of ether oxygens (including phenoxy) is 1. The van der Waals surface area contributed by atoms with Gasteiger partial charge in [0.05, 0.1) is 64.7 Å². The van der Waals surface area contributed by atoms with Gasteiger partial charge in [-0.15, -0.1) is 11.3 Å². The Hall–Kier alpha value is -7.37. The van der Waals surface area contributed by atoms with Crippen LogP contribution in [0.5, 0.6) is 5.75 Å². The normalized spacial score (nSPS) is 18.8. The molecular formula is C53H61F2N13O7S. The first-order valence-electron chi connectivity index (χ1n) is 25.6. The van der Waals surface area contributed by atoms with E-state index in [0.29, 0.717) is 54.9 Å². The third kappa shape index (κ3) is 11.4. The molecule has 4 aromatic heterocycles. The van der Waals surface area contributed by atoms with Crippen LogP contribution in [-0.2, 0) is 25.7 Å². The SMILES string of the molecule is Cc1ncsc1-c1ccc(CNC(=O)C2CC(O)CN2C(=O)[C@@H](NC(=O)C2(F)CC2)C(C)(C)C)c(OCCNC(=O)CN2CCN(C(=O)c3ccc(Nc4nc(C5CC5)cn5c(-c6cn[nH]c6)cnc45)c(F)c3)CC2)c1. The summed E-state index contributed by atoms with van der Waals surface area (Å²) < 4.78 is 38.6. The van der Waals surface area contributed by atoms with E-state index in [1.165, 1.54) is 28.4 Å². The second-order valence-corrected chi connectivity index (χ2v) is 22.0. The number of carbonyl (C=O) groups is 5. The zero-order valence-corrected chi connectivity index (χ0v) is 43.5. The number of carbonyl (C=O) groups excluding carboxylic acids is 5. The first-order chi connectivity index (χ1) is 36.4. The average molecular weight is 1060 g/mol. The Morgan fingerprint density at radius 2 is 1.79 bits per heavy atom. The number of H-pyrrole nitrogens is 1. The molecule has 2 unspecified atom stereocenters. The summed E-state index contributed by atoms with van der Waals surface area (Å²) in [6, 6.07) is 7.72. The van der Waals surface area contributed by atoms with Crippen molar-refractivity contribution in [2.75, 3.05) is 57.7 Å². The van der Waals surface area contributed by atoms with Crippen LogP contribution in [0.4, 0.5) is 20.3 Å². The molecule has 2 saturated carbocycles. The number of aromatic nitrogens is 6. The second kappa shape index (κ2) is 21.3. The minimum Gasteiger partial charge on any atom is -0.491 e. The number of rotatable bonds is 18. The van der Waals surface area contributed by atoms with Crippen LogP contribution < -0.4 is 26.0 Å². The van der Waals surface area contributed by atoms with Gasteiger partial charge in [-0.1, -0.05) is 32.9 Å². The number of nitrogens with zero attached hydrogens (tertiary/aromatic N) is 8. The van der Waals surface area contributed by atoms with Crippen molar-refractivity contribution < 1.29 is 42.6 Å². The molecule has 2 aliphatic heterocycles. The molecule has 0 bridgehead atoms. The van der Waals surface area contributed by atoms with Crippen molar-refractivity contribution in [2.24, 2.45) is 5.41 Å². The maximum absolute atomic E-state index is 15.8. The van der Waals surface area contributed by atoms with Crippen molar-refractivity contribution in [1.29, 1.82) is 0 Å². The van der Waals surface area contributed by atoms with Gasteiger partial charge in [-0.2, -0.15) is 5.10 Å².